The van der Waals surface area contributed by atoms with Crippen molar-refractivity contribution in [1.82, 2.24) is 10.6 Å². The van der Waals surface area contributed by atoms with Gasteiger partial charge in [0.2, 0.25) is 0 Å². The standard InChI is InChI=1S/C20H27N3O/c1-21-20(22-15-8-11-17-9-4-3-5-10-17)23-16-14-18-12-6-7-13-19(18)24-2/h3-7,9-10,12-13H,8,11,14-16H2,1-2H3,(H2,21,22,23). The zero-order valence-electron chi connectivity index (χ0n) is 14.6. The average Bonchev–Trinajstić information content (AvgIpc) is 2.65. The summed E-state index contributed by atoms with van der Waals surface area (Å²) in [6, 6.07) is 18.7. The summed E-state index contributed by atoms with van der Waals surface area (Å²) < 4.78 is 5.38. The molecule has 0 saturated heterocycles. The maximum Gasteiger partial charge on any atom is 0.190 e. The van der Waals surface area contributed by atoms with Crippen molar-refractivity contribution in [2.24, 2.45) is 4.99 Å². The van der Waals surface area contributed by atoms with E-state index in [2.05, 4.69) is 52.0 Å². The quantitative estimate of drug-likeness (QED) is 0.445. The fraction of sp³-hybridized carbons (Fsp3) is 0.350. The van der Waals surface area contributed by atoms with Crippen molar-refractivity contribution in [3.8, 4) is 5.75 Å². The molecule has 0 aliphatic carbocycles. The molecule has 0 unspecified atom stereocenters. The molecule has 4 heteroatoms. The molecule has 0 saturated carbocycles. The summed E-state index contributed by atoms with van der Waals surface area (Å²) in [6.45, 7) is 1.72. The molecule has 24 heavy (non-hydrogen) atoms. The second-order valence-corrected chi connectivity index (χ2v) is 5.58. The van der Waals surface area contributed by atoms with Gasteiger partial charge in [0, 0.05) is 20.1 Å². The lowest BCUT2D eigenvalue weighted by molar-refractivity contribution is 0.409. The van der Waals surface area contributed by atoms with Gasteiger partial charge in [-0.15, -0.1) is 0 Å². The molecule has 0 spiro atoms. The van der Waals surface area contributed by atoms with Crippen LogP contribution in [0.25, 0.3) is 0 Å². The highest BCUT2D eigenvalue weighted by Gasteiger charge is 2.02. The number of nitrogens with one attached hydrogen (secondary N) is 2. The summed E-state index contributed by atoms with van der Waals surface area (Å²) in [6.07, 6.45) is 3.05. The maximum absolute atomic E-state index is 5.38. The number of nitrogens with zero attached hydrogens (tertiary/aromatic N) is 1. The van der Waals surface area contributed by atoms with Gasteiger partial charge in [0.05, 0.1) is 7.11 Å². The number of rotatable bonds is 8. The van der Waals surface area contributed by atoms with E-state index in [1.165, 1.54) is 11.1 Å². The monoisotopic (exact) mass is 325 g/mol. The summed E-state index contributed by atoms with van der Waals surface area (Å²) in [5.74, 6) is 1.78. The Labute approximate surface area is 145 Å². The van der Waals surface area contributed by atoms with Crippen molar-refractivity contribution in [3.05, 3.63) is 65.7 Å². The van der Waals surface area contributed by atoms with Crippen molar-refractivity contribution in [1.29, 1.82) is 0 Å². The SMILES string of the molecule is CN=C(NCCCc1ccccc1)NCCc1ccccc1OC. The fourth-order valence-electron chi connectivity index (χ4n) is 2.59. The van der Waals surface area contributed by atoms with Crippen LogP contribution in [-0.4, -0.2) is 33.2 Å². The van der Waals surface area contributed by atoms with Crippen LogP contribution in [0.3, 0.4) is 0 Å². The third kappa shape index (κ3) is 5.95. The molecule has 0 heterocycles. The van der Waals surface area contributed by atoms with E-state index >= 15 is 0 Å². The lowest BCUT2D eigenvalue weighted by Crippen LogP contribution is -2.38. The van der Waals surface area contributed by atoms with Crippen LogP contribution in [0.1, 0.15) is 17.5 Å². The second kappa shape index (κ2) is 10.3. The highest BCUT2D eigenvalue weighted by molar-refractivity contribution is 5.79. The summed E-state index contributed by atoms with van der Waals surface area (Å²) in [5, 5.41) is 6.71. The number of methoxy groups -OCH3 is 1. The normalized spacial score (nSPS) is 11.2. The molecule has 0 radical (unpaired) electrons. The number of benzene rings is 2. The molecule has 0 atom stereocenters. The first-order valence-electron chi connectivity index (χ1n) is 8.44. The van der Waals surface area contributed by atoms with Gasteiger partial charge in [0.1, 0.15) is 5.75 Å². The van der Waals surface area contributed by atoms with Gasteiger partial charge in [-0.05, 0) is 36.5 Å². The number of hydrogen-bond acceptors (Lipinski definition) is 2. The van der Waals surface area contributed by atoms with Gasteiger partial charge < -0.3 is 15.4 Å². The van der Waals surface area contributed by atoms with Crippen LogP contribution in [-0.2, 0) is 12.8 Å². The molecular weight excluding hydrogens is 298 g/mol. The first-order valence-corrected chi connectivity index (χ1v) is 8.44. The predicted octanol–water partition coefficient (Wildman–Crippen LogP) is 3.04. The van der Waals surface area contributed by atoms with Crippen molar-refractivity contribution < 1.29 is 4.74 Å². The van der Waals surface area contributed by atoms with E-state index in [1.807, 2.05) is 18.2 Å². The topological polar surface area (TPSA) is 45.7 Å². The van der Waals surface area contributed by atoms with Gasteiger partial charge in [0.25, 0.3) is 0 Å². The van der Waals surface area contributed by atoms with Gasteiger partial charge in [-0.1, -0.05) is 48.5 Å². The molecule has 2 aromatic carbocycles. The number of hydrogen-bond donors (Lipinski definition) is 2. The van der Waals surface area contributed by atoms with Crippen LogP contribution in [0.4, 0.5) is 0 Å². The molecule has 0 fully saturated rings. The van der Waals surface area contributed by atoms with E-state index in [0.29, 0.717) is 0 Å². The first kappa shape index (κ1) is 17.9. The highest BCUT2D eigenvalue weighted by atomic mass is 16.5. The van der Waals surface area contributed by atoms with E-state index in [9.17, 15) is 0 Å². The molecule has 4 nitrogen and oxygen atoms in total. The zero-order chi connectivity index (χ0) is 17.0. The van der Waals surface area contributed by atoms with Crippen LogP contribution in [0.15, 0.2) is 59.6 Å². The largest absolute Gasteiger partial charge is 0.496 e. The molecule has 0 bridgehead atoms. The smallest absolute Gasteiger partial charge is 0.190 e. The Bertz CT molecular complexity index is 626. The van der Waals surface area contributed by atoms with Crippen LogP contribution < -0.4 is 15.4 Å². The van der Waals surface area contributed by atoms with Crippen molar-refractivity contribution in [2.75, 3.05) is 27.2 Å². The molecule has 0 aliphatic rings. The fourth-order valence-corrected chi connectivity index (χ4v) is 2.59. The number of aliphatic imine (C=N–C) groups is 1. The van der Waals surface area contributed by atoms with Gasteiger partial charge in [0.15, 0.2) is 5.96 Å². The third-order valence-corrected chi connectivity index (χ3v) is 3.88. The number of aryl methyl sites for hydroxylation is 1. The van der Waals surface area contributed by atoms with Crippen LogP contribution in [0, 0.1) is 0 Å². The summed E-state index contributed by atoms with van der Waals surface area (Å²) in [4.78, 5) is 4.27. The highest BCUT2D eigenvalue weighted by Crippen LogP contribution is 2.17. The number of ether oxygens (including phenoxy) is 1. The Balaban J connectivity index is 1.67. The van der Waals surface area contributed by atoms with Crippen LogP contribution >= 0.6 is 0 Å². The molecule has 0 amide bonds. The number of para-hydroxylation sites is 1. The van der Waals surface area contributed by atoms with Gasteiger partial charge in [-0.3, -0.25) is 4.99 Å². The molecule has 128 valence electrons. The third-order valence-electron chi connectivity index (χ3n) is 3.88. The molecule has 0 aromatic heterocycles. The average molecular weight is 325 g/mol. The van der Waals surface area contributed by atoms with E-state index in [0.717, 1.165) is 44.1 Å². The van der Waals surface area contributed by atoms with E-state index < -0.39 is 0 Å². The lowest BCUT2D eigenvalue weighted by Gasteiger charge is -2.13. The summed E-state index contributed by atoms with van der Waals surface area (Å²) >= 11 is 0. The Morgan fingerprint density at radius 2 is 1.62 bits per heavy atom. The summed E-state index contributed by atoms with van der Waals surface area (Å²) in [5.41, 5.74) is 2.57. The molecular formula is C20H27N3O. The zero-order valence-corrected chi connectivity index (χ0v) is 14.6. The van der Waals surface area contributed by atoms with Crippen molar-refractivity contribution in [2.45, 2.75) is 19.3 Å². The molecule has 2 rings (SSSR count). The Kier molecular flexibility index (Phi) is 7.68. The molecule has 0 aliphatic heterocycles. The van der Waals surface area contributed by atoms with Gasteiger partial charge >= 0.3 is 0 Å². The van der Waals surface area contributed by atoms with E-state index in [-0.39, 0.29) is 0 Å². The Morgan fingerprint density at radius 1 is 0.917 bits per heavy atom. The minimum absolute atomic E-state index is 0.818. The van der Waals surface area contributed by atoms with Crippen molar-refractivity contribution >= 4 is 5.96 Å². The Morgan fingerprint density at radius 3 is 2.38 bits per heavy atom. The van der Waals surface area contributed by atoms with Gasteiger partial charge in [-0.2, -0.15) is 0 Å². The van der Waals surface area contributed by atoms with Crippen LogP contribution in [0.5, 0.6) is 5.75 Å². The first-order chi connectivity index (χ1) is 11.8. The van der Waals surface area contributed by atoms with Crippen molar-refractivity contribution in [3.63, 3.8) is 0 Å². The molecule has 2 aromatic rings. The second-order valence-electron chi connectivity index (χ2n) is 5.58. The minimum atomic E-state index is 0.818. The predicted molar refractivity (Wildman–Crippen MR) is 101 cm³/mol. The molecule has 2 N–H and O–H groups in total. The minimum Gasteiger partial charge on any atom is -0.496 e. The number of guanidine groups is 1. The summed E-state index contributed by atoms with van der Waals surface area (Å²) in [7, 11) is 3.51. The van der Waals surface area contributed by atoms with Gasteiger partial charge in [-0.25, -0.2) is 0 Å². The maximum atomic E-state index is 5.38. The van der Waals surface area contributed by atoms with Crippen LogP contribution in [0.2, 0.25) is 0 Å². The Hall–Kier alpha value is -2.49. The van der Waals surface area contributed by atoms with E-state index in [1.54, 1.807) is 14.2 Å². The van der Waals surface area contributed by atoms with E-state index in [4.69, 9.17) is 4.74 Å². The lowest BCUT2D eigenvalue weighted by atomic mass is 10.1.